The van der Waals surface area contributed by atoms with Gasteiger partial charge in [-0.1, -0.05) is 42.5 Å². The highest BCUT2D eigenvalue weighted by molar-refractivity contribution is 6.00. The highest BCUT2D eigenvalue weighted by atomic mass is 16.5. The van der Waals surface area contributed by atoms with Crippen molar-refractivity contribution in [1.29, 1.82) is 0 Å². The van der Waals surface area contributed by atoms with Gasteiger partial charge >= 0.3 is 0 Å². The lowest BCUT2D eigenvalue weighted by Gasteiger charge is -2.25. The lowest BCUT2D eigenvalue weighted by Crippen LogP contribution is -2.22. The minimum Gasteiger partial charge on any atom is -0.460 e. The second-order valence-electron chi connectivity index (χ2n) is 4.16. The first-order chi connectivity index (χ1) is 8.34. The van der Waals surface area contributed by atoms with E-state index in [2.05, 4.69) is 0 Å². The zero-order chi connectivity index (χ0) is 11.7. The Labute approximate surface area is 99.9 Å². The monoisotopic (exact) mass is 224 g/mol. The van der Waals surface area contributed by atoms with Crippen molar-refractivity contribution < 1.29 is 9.53 Å². The number of ether oxygens (including phenoxy) is 1. The Balaban J connectivity index is 1.99. The van der Waals surface area contributed by atoms with Crippen molar-refractivity contribution >= 4 is 11.5 Å². The van der Waals surface area contributed by atoms with E-state index in [1.54, 1.807) is 6.08 Å². The molecule has 0 aromatic heterocycles. The molecule has 0 N–H and O–H groups in total. The van der Waals surface area contributed by atoms with Crippen molar-refractivity contribution in [2.24, 2.45) is 5.92 Å². The second-order valence-corrected chi connectivity index (χ2v) is 4.16. The third-order valence-corrected chi connectivity index (χ3v) is 3.01. The number of carbonyl (C=O) groups excluding carboxylic acids is 1. The Morgan fingerprint density at radius 2 is 2.00 bits per heavy atom. The van der Waals surface area contributed by atoms with E-state index >= 15 is 0 Å². The average molecular weight is 224 g/mol. The first-order valence-corrected chi connectivity index (χ1v) is 5.70. The zero-order valence-electron chi connectivity index (χ0n) is 9.30. The van der Waals surface area contributed by atoms with E-state index in [0.29, 0.717) is 5.76 Å². The summed E-state index contributed by atoms with van der Waals surface area (Å²) < 4.78 is 5.80. The number of carbonyl (C=O) groups is 1. The normalized spacial score (nSPS) is 22.4. The molecule has 1 aromatic carbocycles. The van der Waals surface area contributed by atoms with E-state index in [4.69, 9.17) is 4.74 Å². The molecule has 2 aliphatic rings. The maximum atomic E-state index is 12.0. The van der Waals surface area contributed by atoms with E-state index in [1.807, 2.05) is 48.6 Å². The minimum atomic E-state index is -0.118. The first kappa shape index (κ1) is 10.1. The van der Waals surface area contributed by atoms with Crippen LogP contribution in [0.3, 0.4) is 0 Å². The summed E-state index contributed by atoms with van der Waals surface area (Å²) in [6, 6.07) is 9.70. The van der Waals surface area contributed by atoms with Gasteiger partial charge in [0.25, 0.3) is 0 Å². The molecule has 2 heteroatoms. The number of fused-ring (bicyclic) bond motifs is 1. The van der Waals surface area contributed by atoms with Gasteiger partial charge < -0.3 is 4.74 Å². The van der Waals surface area contributed by atoms with Crippen LogP contribution in [-0.2, 0) is 9.53 Å². The van der Waals surface area contributed by atoms with Crippen molar-refractivity contribution in [3.8, 4) is 0 Å². The van der Waals surface area contributed by atoms with Gasteiger partial charge in [0.05, 0.1) is 5.92 Å². The molecule has 0 amide bonds. The van der Waals surface area contributed by atoms with Crippen LogP contribution in [0.15, 0.2) is 60.4 Å². The maximum absolute atomic E-state index is 12.0. The maximum Gasteiger partial charge on any atom is 0.170 e. The van der Waals surface area contributed by atoms with Crippen LogP contribution < -0.4 is 0 Å². The SMILES string of the molecule is O=C1C=C(c2ccccc2)OC2=CC=CCC12. The second kappa shape index (κ2) is 4.06. The van der Waals surface area contributed by atoms with Gasteiger partial charge in [-0.25, -0.2) is 0 Å². The molecule has 0 fully saturated rings. The molecular formula is C15H12O2. The van der Waals surface area contributed by atoms with Crippen LogP contribution in [0.5, 0.6) is 0 Å². The Kier molecular flexibility index (Phi) is 2.41. The Bertz CT molecular complexity index is 535. The summed E-state index contributed by atoms with van der Waals surface area (Å²) in [5, 5.41) is 0. The van der Waals surface area contributed by atoms with Gasteiger partial charge in [-0.05, 0) is 12.5 Å². The third-order valence-electron chi connectivity index (χ3n) is 3.01. The van der Waals surface area contributed by atoms with Crippen molar-refractivity contribution in [2.45, 2.75) is 6.42 Å². The molecule has 3 rings (SSSR count). The average Bonchev–Trinajstić information content (AvgIpc) is 2.40. The van der Waals surface area contributed by atoms with Crippen LogP contribution in [0.25, 0.3) is 5.76 Å². The van der Waals surface area contributed by atoms with Crippen LogP contribution in [0.4, 0.5) is 0 Å². The molecule has 0 spiro atoms. The Hall–Kier alpha value is -2.09. The van der Waals surface area contributed by atoms with Crippen LogP contribution in [0.2, 0.25) is 0 Å². The number of benzene rings is 1. The first-order valence-electron chi connectivity index (χ1n) is 5.70. The number of ketones is 1. The Morgan fingerprint density at radius 3 is 2.82 bits per heavy atom. The summed E-state index contributed by atoms with van der Waals surface area (Å²) in [6.45, 7) is 0. The third kappa shape index (κ3) is 1.82. The van der Waals surface area contributed by atoms with Gasteiger partial charge in [-0.15, -0.1) is 0 Å². The van der Waals surface area contributed by atoms with Crippen molar-refractivity contribution in [3.63, 3.8) is 0 Å². The molecule has 1 unspecified atom stereocenters. The number of allylic oxidation sites excluding steroid dienone is 5. The van der Waals surface area contributed by atoms with E-state index in [1.165, 1.54) is 0 Å². The molecule has 1 aromatic rings. The van der Waals surface area contributed by atoms with Gasteiger partial charge in [-0.3, -0.25) is 4.79 Å². The van der Waals surface area contributed by atoms with Crippen molar-refractivity contribution in [2.75, 3.05) is 0 Å². The molecule has 0 bridgehead atoms. The van der Waals surface area contributed by atoms with Crippen molar-refractivity contribution in [1.82, 2.24) is 0 Å². The van der Waals surface area contributed by atoms with E-state index in [0.717, 1.165) is 17.7 Å². The van der Waals surface area contributed by atoms with Gasteiger partial charge in [0.2, 0.25) is 0 Å². The Morgan fingerprint density at radius 1 is 1.18 bits per heavy atom. The molecule has 1 aliphatic heterocycles. The van der Waals surface area contributed by atoms with Gasteiger partial charge in [0.1, 0.15) is 11.5 Å². The van der Waals surface area contributed by atoms with Crippen LogP contribution in [0, 0.1) is 5.92 Å². The van der Waals surface area contributed by atoms with Crippen LogP contribution >= 0.6 is 0 Å². The molecule has 2 nitrogen and oxygen atoms in total. The van der Waals surface area contributed by atoms with E-state index in [-0.39, 0.29) is 11.7 Å². The summed E-state index contributed by atoms with van der Waals surface area (Å²) in [7, 11) is 0. The predicted molar refractivity (Wildman–Crippen MR) is 65.8 cm³/mol. The van der Waals surface area contributed by atoms with Gasteiger partial charge in [-0.2, -0.15) is 0 Å². The van der Waals surface area contributed by atoms with Crippen LogP contribution in [0.1, 0.15) is 12.0 Å². The summed E-state index contributed by atoms with van der Waals surface area (Å²) in [4.78, 5) is 12.0. The smallest absolute Gasteiger partial charge is 0.170 e. The molecule has 0 saturated heterocycles. The zero-order valence-corrected chi connectivity index (χ0v) is 9.30. The summed E-state index contributed by atoms with van der Waals surface area (Å²) >= 11 is 0. The topological polar surface area (TPSA) is 26.3 Å². The van der Waals surface area contributed by atoms with E-state index in [9.17, 15) is 4.79 Å². The lowest BCUT2D eigenvalue weighted by molar-refractivity contribution is -0.118. The fraction of sp³-hybridized carbons (Fsp3) is 0.133. The highest BCUT2D eigenvalue weighted by Gasteiger charge is 2.29. The molecule has 0 radical (unpaired) electrons. The lowest BCUT2D eigenvalue weighted by atomic mass is 9.91. The predicted octanol–water partition coefficient (Wildman–Crippen LogP) is 3.09. The van der Waals surface area contributed by atoms with E-state index < -0.39 is 0 Å². The number of hydrogen-bond donors (Lipinski definition) is 0. The fourth-order valence-electron chi connectivity index (χ4n) is 2.10. The van der Waals surface area contributed by atoms with Crippen LogP contribution in [-0.4, -0.2) is 5.78 Å². The summed E-state index contributed by atoms with van der Waals surface area (Å²) in [5.74, 6) is 1.42. The number of hydrogen-bond acceptors (Lipinski definition) is 2. The molecular weight excluding hydrogens is 212 g/mol. The largest absolute Gasteiger partial charge is 0.460 e. The van der Waals surface area contributed by atoms with Gasteiger partial charge in [0.15, 0.2) is 5.78 Å². The quantitative estimate of drug-likeness (QED) is 0.732. The molecule has 1 atom stereocenters. The van der Waals surface area contributed by atoms with Gasteiger partial charge in [0, 0.05) is 11.6 Å². The molecule has 0 saturated carbocycles. The summed E-state index contributed by atoms with van der Waals surface area (Å²) in [6.07, 6.45) is 8.16. The molecule has 1 aliphatic carbocycles. The van der Waals surface area contributed by atoms with Crippen molar-refractivity contribution in [3.05, 3.63) is 66.0 Å². The molecule has 1 heterocycles. The highest BCUT2D eigenvalue weighted by Crippen LogP contribution is 2.33. The standard InChI is InChI=1S/C15H12O2/c16-13-10-15(11-6-2-1-3-7-11)17-14-9-5-4-8-12(13)14/h1-7,9-10,12H,8H2. The number of rotatable bonds is 1. The summed E-state index contributed by atoms with van der Waals surface area (Å²) in [5.41, 5.74) is 0.940. The molecule has 84 valence electrons. The fourth-order valence-corrected chi connectivity index (χ4v) is 2.10. The minimum absolute atomic E-state index is 0.118. The molecule has 17 heavy (non-hydrogen) atoms.